The molecule has 1 aromatic rings. The van der Waals surface area contributed by atoms with Crippen LogP contribution >= 0.6 is 0 Å². The summed E-state index contributed by atoms with van der Waals surface area (Å²) in [5, 5.41) is 17.2. The molecule has 1 rings (SSSR count). The lowest BCUT2D eigenvalue weighted by atomic mass is 10.2. The average molecular weight is 257 g/mol. The van der Waals surface area contributed by atoms with Crippen molar-refractivity contribution in [1.29, 1.82) is 5.26 Å². The van der Waals surface area contributed by atoms with Crippen LogP contribution < -0.4 is 0 Å². The molecule has 1 amide bonds. The second-order valence-corrected chi connectivity index (χ2v) is 3.72. The fraction of sp³-hybridized carbons (Fsp3) is 0.357. The minimum atomic E-state index is -0.235. The molecule has 0 radical (unpaired) electrons. The quantitative estimate of drug-likeness (QED) is 0.809. The molecule has 0 fully saturated rings. The Morgan fingerprint density at radius 1 is 1.53 bits per heavy atom. The predicted octanol–water partition coefficient (Wildman–Crippen LogP) is 0.801. The minimum Gasteiger partial charge on any atom is -0.384 e. The van der Waals surface area contributed by atoms with Crippen molar-refractivity contribution in [2.45, 2.75) is 13.3 Å². The Balaban J connectivity index is 2.89. The standard InChI is InChI=1S/C14H15N3O2/c1-2-17(7-4-6-15)14(19)13-9-12(5-3-8-18)10-16-11-13/h9-11,18H,2,4,7-8H2,1H3. The molecule has 1 aromatic heterocycles. The van der Waals surface area contributed by atoms with Crippen molar-refractivity contribution in [3.63, 3.8) is 0 Å². The van der Waals surface area contributed by atoms with Crippen LogP contribution in [0.2, 0.25) is 0 Å². The molecule has 0 aromatic carbocycles. The molecule has 5 heteroatoms. The Hall–Kier alpha value is -2.37. The van der Waals surface area contributed by atoms with E-state index >= 15 is 0 Å². The second-order valence-electron chi connectivity index (χ2n) is 3.72. The summed E-state index contributed by atoms with van der Waals surface area (Å²) in [5.74, 6) is 5.04. The van der Waals surface area contributed by atoms with E-state index in [1.807, 2.05) is 13.0 Å². The van der Waals surface area contributed by atoms with Crippen LogP contribution in [-0.2, 0) is 0 Å². The van der Waals surface area contributed by atoms with E-state index < -0.39 is 0 Å². The maximum atomic E-state index is 12.2. The van der Waals surface area contributed by atoms with Gasteiger partial charge in [0.2, 0.25) is 0 Å². The Bertz CT molecular complexity index is 538. The summed E-state index contributed by atoms with van der Waals surface area (Å²) in [6.45, 7) is 2.56. The zero-order valence-electron chi connectivity index (χ0n) is 10.8. The monoisotopic (exact) mass is 257 g/mol. The van der Waals surface area contributed by atoms with Gasteiger partial charge in [0.25, 0.3) is 5.91 Å². The van der Waals surface area contributed by atoms with E-state index in [1.54, 1.807) is 11.0 Å². The third-order valence-electron chi connectivity index (χ3n) is 2.46. The third-order valence-corrected chi connectivity index (χ3v) is 2.46. The minimum absolute atomic E-state index is 0.169. The largest absolute Gasteiger partial charge is 0.384 e. The molecule has 0 saturated heterocycles. The summed E-state index contributed by atoms with van der Waals surface area (Å²) in [4.78, 5) is 17.7. The first-order chi connectivity index (χ1) is 9.22. The predicted molar refractivity (Wildman–Crippen MR) is 70.0 cm³/mol. The normalized spacial score (nSPS) is 9.11. The van der Waals surface area contributed by atoms with Crippen LogP contribution in [0.25, 0.3) is 0 Å². The lowest BCUT2D eigenvalue weighted by Gasteiger charge is -2.19. The molecule has 0 aliphatic carbocycles. The van der Waals surface area contributed by atoms with E-state index in [1.165, 1.54) is 12.4 Å². The number of carbonyl (C=O) groups excluding carboxylic acids is 1. The highest BCUT2D eigenvalue weighted by Gasteiger charge is 2.14. The van der Waals surface area contributed by atoms with Crippen LogP contribution in [0.1, 0.15) is 29.3 Å². The van der Waals surface area contributed by atoms with E-state index in [2.05, 4.69) is 16.8 Å². The smallest absolute Gasteiger partial charge is 0.255 e. The molecule has 98 valence electrons. The highest BCUT2D eigenvalue weighted by atomic mass is 16.2. The average Bonchev–Trinajstić information content (AvgIpc) is 2.46. The first-order valence-corrected chi connectivity index (χ1v) is 5.94. The highest BCUT2D eigenvalue weighted by molar-refractivity contribution is 5.94. The molecular weight excluding hydrogens is 242 g/mol. The molecule has 1 heterocycles. The van der Waals surface area contributed by atoms with Gasteiger partial charge in [-0.3, -0.25) is 9.78 Å². The van der Waals surface area contributed by atoms with Crippen molar-refractivity contribution >= 4 is 5.91 Å². The van der Waals surface area contributed by atoms with Crippen LogP contribution in [0.3, 0.4) is 0 Å². The summed E-state index contributed by atoms with van der Waals surface area (Å²) in [7, 11) is 0. The van der Waals surface area contributed by atoms with E-state index in [0.29, 0.717) is 30.6 Å². The molecule has 0 aliphatic rings. The van der Waals surface area contributed by atoms with E-state index in [9.17, 15) is 4.79 Å². The maximum Gasteiger partial charge on any atom is 0.255 e. The van der Waals surface area contributed by atoms with Crippen molar-refractivity contribution in [1.82, 2.24) is 9.88 Å². The Labute approximate surface area is 112 Å². The number of nitriles is 1. The van der Waals surface area contributed by atoms with Gasteiger partial charge in [0.05, 0.1) is 18.1 Å². The summed E-state index contributed by atoms with van der Waals surface area (Å²) >= 11 is 0. The molecule has 0 spiro atoms. The lowest BCUT2D eigenvalue weighted by Crippen LogP contribution is -2.31. The van der Waals surface area contributed by atoms with Gasteiger partial charge in [-0.1, -0.05) is 11.8 Å². The van der Waals surface area contributed by atoms with Gasteiger partial charge in [-0.25, -0.2) is 0 Å². The number of hydrogen-bond donors (Lipinski definition) is 1. The Morgan fingerprint density at radius 2 is 2.32 bits per heavy atom. The SMILES string of the molecule is CCN(CCC#N)C(=O)c1cncc(C#CCO)c1. The van der Waals surface area contributed by atoms with Gasteiger partial charge >= 0.3 is 0 Å². The third kappa shape index (κ3) is 4.42. The lowest BCUT2D eigenvalue weighted by molar-refractivity contribution is 0.0767. The van der Waals surface area contributed by atoms with Gasteiger partial charge in [0, 0.05) is 31.0 Å². The number of amides is 1. The first-order valence-electron chi connectivity index (χ1n) is 5.94. The Kier molecular flexibility index (Phi) is 6.08. The van der Waals surface area contributed by atoms with Crippen LogP contribution in [0, 0.1) is 23.2 Å². The van der Waals surface area contributed by atoms with E-state index in [-0.39, 0.29) is 12.5 Å². The van der Waals surface area contributed by atoms with E-state index in [0.717, 1.165) is 0 Å². The van der Waals surface area contributed by atoms with Crippen LogP contribution in [0.15, 0.2) is 18.5 Å². The van der Waals surface area contributed by atoms with Gasteiger partial charge < -0.3 is 10.0 Å². The molecule has 0 bridgehead atoms. The molecule has 1 N–H and O–H groups in total. The number of nitrogens with zero attached hydrogens (tertiary/aromatic N) is 3. The Morgan fingerprint density at radius 3 is 2.95 bits per heavy atom. The summed E-state index contributed by atoms with van der Waals surface area (Å²) in [5.41, 5.74) is 1.01. The number of carbonyl (C=O) groups is 1. The van der Waals surface area contributed by atoms with Gasteiger partial charge in [-0.2, -0.15) is 5.26 Å². The molecule has 0 unspecified atom stereocenters. The fourth-order valence-corrected chi connectivity index (χ4v) is 1.54. The molecular formula is C14H15N3O2. The summed E-state index contributed by atoms with van der Waals surface area (Å²) < 4.78 is 0. The van der Waals surface area contributed by atoms with Crippen LogP contribution in [-0.4, -0.2) is 40.6 Å². The van der Waals surface area contributed by atoms with Gasteiger partial charge in [-0.15, -0.1) is 0 Å². The topological polar surface area (TPSA) is 77.2 Å². The van der Waals surface area contributed by atoms with Crippen LogP contribution in [0.5, 0.6) is 0 Å². The summed E-state index contributed by atoms with van der Waals surface area (Å²) in [6.07, 6.45) is 3.31. The zero-order valence-corrected chi connectivity index (χ0v) is 10.8. The van der Waals surface area contributed by atoms with Crippen molar-refractivity contribution in [3.05, 3.63) is 29.6 Å². The summed E-state index contributed by atoms with van der Waals surface area (Å²) in [6, 6.07) is 3.65. The van der Waals surface area contributed by atoms with Gasteiger partial charge in [0.1, 0.15) is 6.61 Å². The van der Waals surface area contributed by atoms with Crippen LogP contribution in [0.4, 0.5) is 0 Å². The number of hydrogen-bond acceptors (Lipinski definition) is 4. The van der Waals surface area contributed by atoms with E-state index in [4.69, 9.17) is 10.4 Å². The number of aromatic nitrogens is 1. The second kappa shape index (κ2) is 7.86. The van der Waals surface area contributed by atoms with Gasteiger partial charge in [0.15, 0.2) is 0 Å². The van der Waals surface area contributed by atoms with Crippen molar-refractivity contribution in [2.75, 3.05) is 19.7 Å². The number of aliphatic hydroxyl groups excluding tert-OH is 1. The molecule has 0 saturated carbocycles. The number of pyridine rings is 1. The number of rotatable bonds is 4. The maximum absolute atomic E-state index is 12.2. The van der Waals surface area contributed by atoms with Crippen molar-refractivity contribution in [2.24, 2.45) is 0 Å². The highest BCUT2D eigenvalue weighted by Crippen LogP contribution is 2.06. The zero-order chi connectivity index (χ0) is 14.1. The van der Waals surface area contributed by atoms with Gasteiger partial charge in [-0.05, 0) is 13.0 Å². The van der Waals surface area contributed by atoms with Crippen molar-refractivity contribution < 1.29 is 9.90 Å². The number of aliphatic hydroxyl groups is 1. The molecule has 0 atom stereocenters. The molecule has 19 heavy (non-hydrogen) atoms. The van der Waals surface area contributed by atoms with Crippen molar-refractivity contribution in [3.8, 4) is 17.9 Å². The molecule has 0 aliphatic heterocycles. The fourth-order valence-electron chi connectivity index (χ4n) is 1.54. The first kappa shape index (κ1) is 14.7. The molecule has 5 nitrogen and oxygen atoms in total.